The molecule has 0 amide bonds. The molecule has 0 bridgehead atoms. The summed E-state index contributed by atoms with van der Waals surface area (Å²) < 4.78 is 0. The molecule has 2 aromatic carbocycles. The van der Waals surface area contributed by atoms with E-state index in [1.807, 2.05) is 0 Å². The number of fused-ring (bicyclic) bond motifs is 2. The van der Waals surface area contributed by atoms with E-state index in [0.717, 1.165) is 17.2 Å². The van der Waals surface area contributed by atoms with E-state index in [0.29, 0.717) is 0 Å². The number of benzene rings is 2. The predicted octanol–water partition coefficient (Wildman–Crippen LogP) is 4.41. The highest BCUT2D eigenvalue weighted by molar-refractivity contribution is 7.99. The standard InChI is InChI=1S/C16H11N3S/c1-3-7-14-12(5-1)19(16-11-17-9-10-18-16)13-6-2-4-8-15(13)20-14/h1-11H. The molecule has 3 nitrogen and oxygen atoms in total. The summed E-state index contributed by atoms with van der Waals surface area (Å²) in [7, 11) is 0. The van der Waals surface area contributed by atoms with E-state index in [-0.39, 0.29) is 0 Å². The van der Waals surface area contributed by atoms with Gasteiger partial charge in [-0.2, -0.15) is 0 Å². The van der Waals surface area contributed by atoms with Gasteiger partial charge in [-0.25, -0.2) is 4.98 Å². The number of para-hydroxylation sites is 2. The molecule has 96 valence electrons. The van der Waals surface area contributed by atoms with Crippen molar-refractivity contribution < 1.29 is 0 Å². The molecule has 0 unspecified atom stereocenters. The molecule has 0 N–H and O–H groups in total. The summed E-state index contributed by atoms with van der Waals surface area (Å²) in [6.07, 6.45) is 5.21. The van der Waals surface area contributed by atoms with E-state index in [4.69, 9.17) is 0 Å². The second-order valence-corrected chi connectivity index (χ2v) is 5.52. The highest BCUT2D eigenvalue weighted by Gasteiger charge is 2.24. The topological polar surface area (TPSA) is 29.0 Å². The van der Waals surface area contributed by atoms with Crippen molar-refractivity contribution in [1.29, 1.82) is 0 Å². The minimum Gasteiger partial charge on any atom is -0.291 e. The quantitative estimate of drug-likeness (QED) is 0.515. The molecular weight excluding hydrogens is 266 g/mol. The maximum absolute atomic E-state index is 4.45. The summed E-state index contributed by atoms with van der Waals surface area (Å²) in [4.78, 5) is 13.3. The molecule has 0 radical (unpaired) electrons. The number of hydrogen-bond acceptors (Lipinski definition) is 4. The SMILES string of the molecule is c1ccc2c(c1)Sc1ccccc1N2c1cnccn1. The summed E-state index contributed by atoms with van der Waals surface area (Å²) in [6.45, 7) is 0. The van der Waals surface area contributed by atoms with Crippen LogP contribution in [0.25, 0.3) is 0 Å². The highest BCUT2D eigenvalue weighted by Crippen LogP contribution is 2.50. The summed E-state index contributed by atoms with van der Waals surface area (Å²) in [5.74, 6) is 0.840. The molecule has 0 fully saturated rings. The Balaban J connectivity index is 1.98. The normalized spacial score (nSPS) is 12.7. The van der Waals surface area contributed by atoms with Crippen molar-refractivity contribution in [1.82, 2.24) is 9.97 Å². The number of aromatic nitrogens is 2. The molecule has 1 aromatic heterocycles. The Morgan fingerprint density at radius 2 is 1.45 bits per heavy atom. The molecule has 4 rings (SSSR count). The first-order valence-electron chi connectivity index (χ1n) is 6.35. The van der Waals surface area contributed by atoms with Crippen LogP contribution in [-0.4, -0.2) is 9.97 Å². The third-order valence-electron chi connectivity index (χ3n) is 3.21. The van der Waals surface area contributed by atoms with Crippen molar-refractivity contribution in [2.24, 2.45) is 0 Å². The van der Waals surface area contributed by atoms with E-state index in [2.05, 4.69) is 63.4 Å². The van der Waals surface area contributed by atoms with Crippen LogP contribution in [0.4, 0.5) is 17.2 Å². The first-order valence-corrected chi connectivity index (χ1v) is 7.17. The fourth-order valence-corrected chi connectivity index (χ4v) is 3.42. The second kappa shape index (κ2) is 4.65. The van der Waals surface area contributed by atoms with E-state index >= 15 is 0 Å². The maximum Gasteiger partial charge on any atom is 0.156 e. The lowest BCUT2D eigenvalue weighted by Crippen LogP contribution is -2.15. The fraction of sp³-hybridized carbons (Fsp3) is 0. The van der Waals surface area contributed by atoms with Gasteiger partial charge in [0.05, 0.1) is 17.6 Å². The molecule has 2 heterocycles. The fourth-order valence-electron chi connectivity index (χ4n) is 2.36. The Morgan fingerprint density at radius 1 is 0.800 bits per heavy atom. The molecule has 0 aliphatic carbocycles. The summed E-state index contributed by atoms with van der Waals surface area (Å²) in [6, 6.07) is 16.7. The zero-order valence-electron chi connectivity index (χ0n) is 10.6. The lowest BCUT2D eigenvalue weighted by Gasteiger charge is -2.31. The van der Waals surface area contributed by atoms with Crippen molar-refractivity contribution in [3.63, 3.8) is 0 Å². The molecular formula is C16H11N3S. The van der Waals surface area contributed by atoms with Gasteiger partial charge in [0.2, 0.25) is 0 Å². The Morgan fingerprint density at radius 3 is 2.05 bits per heavy atom. The average Bonchev–Trinajstić information content (AvgIpc) is 2.53. The monoisotopic (exact) mass is 277 g/mol. The first-order chi connectivity index (χ1) is 9.93. The Bertz CT molecular complexity index is 713. The van der Waals surface area contributed by atoms with Crippen molar-refractivity contribution in [3.8, 4) is 0 Å². The number of nitrogens with zero attached hydrogens (tertiary/aromatic N) is 3. The lowest BCUT2D eigenvalue weighted by molar-refractivity contribution is 1.08. The molecule has 0 atom stereocenters. The molecule has 1 aliphatic rings. The van der Waals surface area contributed by atoms with Crippen LogP contribution in [0.2, 0.25) is 0 Å². The Labute approximate surface area is 121 Å². The third kappa shape index (κ3) is 1.77. The summed E-state index contributed by atoms with van der Waals surface area (Å²) in [5.41, 5.74) is 2.30. The van der Waals surface area contributed by atoms with Gasteiger partial charge in [0, 0.05) is 22.2 Å². The minimum atomic E-state index is 0.840. The molecule has 3 aromatic rings. The van der Waals surface area contributed by atoms with Crippen LogP contribution < -0.4 is 4.90 Å². The second-order valence-electron chi connectivity index (χ2n) is 4.44. The van der Waals surface area contributed by atoms with Crippen molar-refractivity contribution in [2.45, 2.75) is 9.79 Å². The van der Waals surface area contributed by atoms with E-state index in [9.17, 15) is 0 Å². The van der Waals surface area contributed by atoms with Crippen LogP contribution in [0, 0.1) is 0 Å². The minimum absolute atomic E-state index is 0.840. The Kier molecular flexibility index (Phi) is 2.67. The van der Waals surface area contributed by atoms with E-state index in [1.165, 1.54) is 9.79 Å². The van der Waals surface area contributed by atoms with E-state index in [1.54, 1.807) is 30.4 Å². The van der Waals surface area contributed by atoms with E-state index < -0.39 is 0 Å². The van der Waals surface area contributed by atoms with Gasteiger partial charge in [-0.15, -0.1) is 0 Å². The molecule has 20 heavy (non-hydrogen) atoms. The number of anilines is 3. The highest BCUT2D eigenvalue weighted by atomic mass is 32.2. The van der Waals surface area contributed by atoms with Crippen LogP contribution in [0.3, 0.4) is 0 Å². The zero-order valence-corrected chi connectivity index (χ0v) is 11.4. The van der Waals surface area contributed by atoms with Gasteiger partial charge < -0.3 is 0 Å². The van der Waals surface area contributed by atoms with Gasteiger partial charge in [0.15, 0.2) is 5.82 Å². The van der Waals surface area contributed by atoms with Crippen molar-refractivity contribution in [3.05, 3.63) is 67.1 Å². The first kappa shape index (κ1) is 11.5. The van der Waals surface area contributed by atoms with Crippen LogP contribution in [-0.2, 0) is 0 Å². The smallest absolute Gasteiger partial charge is 0.156 e. The van der Waals surface area contributed by atoms with Gasteiger partial charge in [0.25, 0.3) is 0 Å². The average molecular weight is 277 g/mol. The van der Waals surface area contributed by atoms with Gasteiger partial charge >= 0.3 is 0 Å². The third-order valence-corrected chi connectivity index (χ3v) is 4.34. The van der Waals surface area contributed by atoms with Crippen molar-refractivity contribution >= 4 is 29.0 Å². The van der Waals surface area contributed by atoms with Gasteiger partial charge in [-0.05, 0) is 24.3 Å². The van der Waals surface area contributed by atoms with Crippen LogP contribution in [0.1, 0.15) is 0 Å². The van der Waals surface area contributed by atoms with Crippen molar-refractivity contribution in [2.75, 3.05) is 4.90 Å². The van der Waals surface area contributed by atoms with Gasteiger partial charge in [0.1, 0.15) is 0 Å². The van der Waals surface area contributed by atoms with Crippen LogP contribution in [0.15, 0.2) is 76.9 Å². The molecule has 0 saturated carbocycles. The summed E-state index contributed by atoms with van der Waals surface area (Å²) >= 11 is 1.79. The van der Waals surface area contributed by atoms with Gasteiger partial charge in [-0.3, -0.25) is 9.88 Å². The largest absolute Gasteiger partial charge is 0.291 e. The summed E-state index contributed by atoms with van der Waals surface area (Å²) in [5, 5.41) is 0. The number of hydrogen-bond donors (Lipinski definition) is 0. The number of rotatable bonds is 1. The molecule has 4 heteroatoms. The molecule has 0 saturated heterocycles. The lowest BCUT2D eigenvalue weighted by atomic mass is 10.2. The van der Waals surface area contributed by atoms with Crippen LogP contribution >= 0.6 is 11.8 Å². The van der Waals surface area contributed by atoms with Crippen LogP contribution in [0.5, 0.6) is 0 Å². The molecule has 1 aliphatic heterocycles. The molecule has 0 spiro atoms. The van der Waals surface area contributed by atoms with Gasteiger partial charge in [-0.1, -0.05) is 36.0 Å². The predicted molar refractivity (Wildman–Crippen MR) is 80.8 cm³/mol. The maximum atomic E-state index is 4.45. The zero-order chi connectivity index (χ0) is 13.4. The Hall–Kier alpha value is -2.33.